The number of hydrogen-bond donors (Lipinski definition) is 0. The molecule has 1 aromatic rings. The molecule has 22 heavy (non-hydrogen) atoms. The minimum atomic E-state index is -3.33. The molecule has 6 heteroatoms. The summed E-state index contributed by atoms with van der Waals surface area (Å²) in [6.07, 6.45) is 4.31. The van der Waals surface area contributed by atoms with E-state index in [-0.39, 0.29) is 17.6 Å². The van der Waals surface area contributed by atoms with Gasteiger partial charge in [0.15, 0.2) is 0 Å². The summed E-state index contributed by atoms with van der Waals surface area (Å²) in [5.41, 5.74) is 0.647. The highest BCUT2D eigenvalue weighted by atomic mass is 32.2. The van der Waals surface area contributed by atoms with Gasteiger partial charge in [-0.2, -0.15) is 4.31 Å². The van der Waals surface area contributed by atoms with E-state index in [1.54, 1.807) is 16.4 Å². The van der Waals surface area contributed by atoms with Crippen LogP contribution in [0.3, 0.4) is 0 Å². The lowest BCUT2D eigenvalue weighted by atomic mass is 10.2. The second kappa shape index (κ2) is 6.64. The number of sulfonamides is 1. The van der Waals surface area contributed by atoms with Crippen LogP contribution in [0.5, 0.6) is 0 Å². The zero-order valence-electron chi connectivity index (χ0n) is 12.7. The molecule has 0 saturated carbocycles. The molecule has 0 spiro atoms. The first-order chi connectivity index (χ1) is 10.5. The van der Waals surface area contributed by atoms with Gasteiger partial charge in [-0.25, -0.2) is 12.8 Å². The third-order valence-corrected chi connectivity index (χ3v) is 6.50. The monoisotopic (exact) mass is 326 g/mol. The van der Waals surface area contributed by atoms with Crippen LogP contribution in [0.4, 0.5) is 4.39 Å². The van der Waals surface area contributed by atoms with Crippen molar-refractivity contribution in [1.29, 1.82) is 0 Å². The van der Waals surface area contributed by atoms with Gasteiger partial charge in [-0.05, 0) is 56.5 Å². The Hall–Kier alpha value is -0.980. The molecule has 1 atom stereocenters. The highest BCUT2D eigenvalue weighted by Gasteiger charge is 2.35. The van der Waals surface area contributed by atoms with Crippen LogP contribution in [0.2, 0.25) is 0 Å². The number of halogens is 1. The minimum absolute atomic E-state index is 0.0379. The average Bonchev–Trinajstić information content (AvgIpc) is 3.13. The van der Waals surface area contributed by atoms with Crippen LogP contribution < -0.4 is 0 Å². The molecule has 0 unspecified atom stereocenters. The van der Waals surface area contributed by atoms with E-state index in [1.165, 1.54) is 25.0 Å². The van der Waals surface area contributed by atoms with Crippen molar-refractivity contribution in [2.45, 2.75) is 37.5 Å². The first-order valence-corrected chi connectivity index (χ1v) is 9.62. The van der Waals surface area contributed by atoms with E-state index in [4.69, 9.17) is 0 Å². The molecule has 0 aromatic heterocycles. The van der Waals surface area contributed by atoms with Crippen molar-refractivity contribution in [3.05, 3.63) is 35.6 Å². The smallest absolute Gasteiger partial charge is 0.218 e. The summed E-state index contributed by atoms with van der Waals surface area (Å²) in [7, 11) is -3.33. The maximum absolute atomic E-state index is 12.9. The van der Waals surface area contributed by atoms with Crippen molar-refractivity contribution in [2.75, 3.05) is 26.2 Å². The predicted molar refractivity (Wildman–Crippen MR) is 84.4 cm³/mol. The summed E-state index contributed by atoms with van der Waals surface area (Å²) in [4.78, 5) is 2.37. The van der Waals surface area contributed by atoms with E-state index in [0.717, 1.165) is 32.5 Å². The molecule has 0 N–H and O–H groups in total. The second-order valence-electron chi connectivity index (χ2n) is 6.30. The Morgan fingerprint density at radius 2 is 1.73 bits per heavy atom. The maximum Gasteiger partial charge on any atom is 0.218 e. The summed E-state index contributed by atoms with van der Waals surface area (Å²) in [5.74, 6) is -0.377. The molecule has 0 aliphatic carbocycles. The van der Waals surface area contributed by atoms with Crippen LogP contribution in [0.15, 0.2) is 24.3 Å². The molecule has 0 bridgehead atoms. The van der Waals surface area contributed by atoms with Crippen LogP contribution in [0, 0.1) is 5.82 Å². The highest BCUT2D eigenvalue weighted by Crippen LogP contribution is 2.25. The van der Waals surface area contributed by atoms with E-state index in [2.05, 4.69) is 4.90 Å². The Balaban J connectivity index is 1.68. The van der Waals surface area contributed by atoms with Crippen molar-refractivity contribution in [3.8, 4) is 0 Å². The molecule has 2 aliphatic rings. The number of nitrogens with zero attached hydrogens (tertiary/aromatic N) is 2. The first kappa shape index (κ1) is 15.9. The maximum atomic E-state index is 12.9. The zero-order chi connectivity index (χ0) is 15.6. The Bertz CT molecular complexity index is 597. The molecule has 2 fully saturated rings. The van der Waals surface area contributed by atoms with Crippen LogP contribution in [0.25, 0.3) is 0 Å². The van der Waals surface area contributed by atoms with Gasteiger partial charge in [0.1, 0.15) is 5.82 Å². The molecule has 0 amide bonds. The van der Waals surface area contributed by atoms with Gasteiger partial charge in [0, 0.05) is 19.1 Å². The van der Waals surface area contributed by atoms with Gasteiger partial charge < -0.3 is 4.90 Å². The third-order valence-electron chi connectivity index (χ3n) is 4.61. The summed E-state index contributed by atoms with van der Waals surface area (Å²) < 4.78 is 40.0. The summed E-state index contributed by atoms with van der Waals surface area (Å²) in [6, 6.07) is 5.84. The van der Waals surface area contributed by atoms with Gasteiger partial charge in [-0.15, -0.1) is 0 Å². The van der Waals surface area contributed by atoms with Gasteiger partial charge in [0.25, 0.3) is 0 Å². The van der Waals surface area contributed by atoms with Gasteiger partial charge in [0.2, 0.25) is 10.0 Å². The minimum Gasteiger partial charge on any atom is -0.302 e. The van der Waals surface area contributed by atoms with E-state index in [9.17, 15) is 12.8 Å². The van der Waals surface area contributed by atoms with Gasteiger partial charge in [-0.1, -0.05) is 12.1 Å². The zero-order valence-corrected chi connectivity index (χ0v) is 13.6. The normalized spacial score (nSPS) is 24.1. The SMILES string of the molecule is O=S(=O)(Cc1ccc(F)cc1)N1CCC[C@@H]1CN1CCCC1. The quantitative estimate of drug-likeness (QED) is 0.833. The second-order valence-corrected chi connectivity index (χ2v) is 8.22. The topological polar surface area (TPSA) is 40.6 Å². The summed E-state index contributed by atoms with van der Waals surface area (Å²) in [5, 5.41) is 0. The van der Waals surface area contributed by atoms with E-state index >= 15 is 0 Å². The molecule has 2 heterocycles. The van der Waals surface area contributed by atoms with Crippen molar-refractivity contribution in [2.24, 2.45) is 0 Å². The number of benzene rings is 1. The lowest BCUT2D eigenvalue weighted by molar-refractivity contribution is 0.257. The van der Waals surface area contributed by atoms with E-state index in [0.29, 0.717) is 12.1 Å². The predicted octanol–water partition coefficient (Wildman–Crippen LogP) is 2.22. The molecule has 1 aromatic carbocycles. The third kappa shape index (κ3) is 3.67. The molecule has 2 aliphatic heterocycles. The highest BCUT2D eigenvalue weighted by molar-refractivity contribution is 7.88. The fourth-order valence-corrected chi connectivity index (χ4v) is 5.31. The largest absolute Gasteiger partial charge is 0.302 e. The molecular weight excluding hydrogens is 303 g/mol. The van der Waals surface area contributed by atoms with Crippen LogP contribution in [-0.4, -0.2) is 49.8 Å². The summed E-state index contributed by atoms with van der Waals surface area (Å²) in [6.45, 7) is 3.63. The Kier molecular flexibility index (Phi) is 4.80. The average molecular weight is 326 g/mol. The van der Waals surface area contributed by atoms with Crippen molar-refractivity contribution in [3.63, 3.8) is 0 Å². The van der Waals surface area contributed by atoms with Gasteiger partial charge in [-0.3, -0.25) is 0 Å². The van der Waals surface area contributed by atoms with Gasteiger partial charge in [0.05, 0.1) is 5.75 Å². The van der Waals surface area contributed by atoms with Crippen molar-refractivity contribution < 1.29 is 12.8 Å². The molecule has 2 saturated heterocycles. The fraction of sp³-hybridized carbons (Fsp3) is 0.625. The fourth-order valence-electron chi connectivity index (χ4n) is 3.50. The standard InChI is InChI=1S/C16H23FN2O2S/c17-15-7-5-14(6-8-15)13-22(20,21)19-11-3-4-16(19)12-18-9-1-2-10-18/h5-8,16H,1-4,9-13H2/t16-/m1/s1. The number of rotatable bonds is 5. The first-order valence-electron chi connectivity index (χ1n) is 8.01. The number of hydrogen-bond acceptors (Lipinski definition) is 3. The Morgan fingerprint density at radius 1 is 1.05 bits per heavy atom. The van der Waals surface area contributed by atoms with Crippen LogP contribution >= 0.6 is 0 Å². The lowest BCUT2D eigenvalue weighted by Crippen LogP contribution is -2.42. The molecule has 3 rings (SSSR count). The van der Waals surface area contributed by atoms with Crippen LogP contribution in [-0.2, 0) is 15.8 Å². The van der Waals surface area contributed by atoms with Gasteiger partial charge >= 0.3 is 0 Å². The van der Waals surface area contributed by atoms with E-state index in [1.807, 2.05) is 0 Å². The Labute approximate surface area is 132 Å². The van der Waals surface area contributed by atoms with Crippen molar-refractivity contribution in [1.82, 2.24) is 9.21 Å². The summed E-state index contributed by atoms with van der Waals surface area (Å²) >= 11 is 0. The van der Waals surface area contributed by atoms with Crippen LogP contribution in [0.1, 0.15) is 31.2 Å². The molecular formula is C16H23FN2O2S. The molecule has 122 valence electrons. The van der Waals surface area contributed by atoms with E-state index < -0.39 is 10.0 Å². The molecule has 0 radical (unpaired) electrons. The lowest BCUT2D eigenvalue weighted by Gasteiger charge is -2.27. The Morgan fingerprint density at radius 3 is 2.41 bits per heavy atom. The van der Waals surface area contributed by atoms with Crippen molar-refractivity contribution >= 4 is 10.0 Å². The number of likely N-dealkylation sites (tertiary alicyclic amines) is 1. The molecule has 4 nitrogen and oxygen atoms in total.